The molecule has 0 aliphatic rings. The number of hydrogen-bond acceptors (Lipinski definition) is 2. The molecule has 0 fully saturated rings. The first-order valence-electron chi connectivity index (χ1n) is 11.1. The van der Waals surface area contributed by atoms with Crippen molar-refractivity contribution >= 4 is 11.3 Å². The number of anilines is 1. The highest BCUT2D eigenvalue weighted by molar-refractivity contribution is 5.68. The number of rotatable bonds is 8. The van der Waals surface area contributed by atoms with Crippen molar-refractivity contribution < 1.29 is 0 Å². The lowest BCUT2D eigenvalue weighted by atomic mass is 9.90. The highest BCUT2D eigenvalue weighted by Crippen LogP contribution is 2.26. The van der Waals surface area contributed by atoms with Crippen molar-refractivity contribution in [2.45, 2.75) is 79.1 Å². The average molecular weight is 391 g/mol. The van der Waals surface area contributed by atoms with E-state index in [1.807, 2.05) is 12.1 Å². The predicted octanol–water partition coefficient (Wildman–Crippen LogP) is 7.89. The molecule has 2 heteroatoms. The molecular formula is C27H38N2. The number of nitrogens with zero attached hydrogens (tertiary/aromatic N) is 1. The molecule has 0 saturated heterocycles. The molecule has 0 radical (unpaired) electrons. The Morgan fingerprint density at radius 3 is 2.07 bits per heavy atom. The molecule has 156 valence electrons. The van der Waals surface area contributed by atoms with Gasteiger partial charge in [-0.15, -0.1) is 0 Å². The molecule has 0 aromatic heterocycles. The molecule has 0 aliphatic heterocycles. The van der Waals surface area contributed by atoms with Crippen molar-refractivity contribution in [2.75, 3.05) is 5.73 Å². The number of aryl methyl sites for hydroxylation is 1. The Morgan fingerprint density at radius 1 is 1.00 bits per heavy atom. The zero-order chi connectivity index (χ0) is 21.6. The highest BCUT2D eigenvalue weighted by Gasteiger charge is 2.09. The summed E-state index contributed by atoms with van der Waals surface area (Å²) in [5.74, 6) is 0.674. The smallest absolute Gasteiger partial charge is 0.0991 e. The van der Waals surface area contributed by atoms with E-state index in [4.69, 9.17) is 11.0 Å². The molecule has 0 bridgehead atoms. The van der Waals surface area contributed by atoms with Crippen molar-refractivity contribution in [3.8, 4) is 6.07 Å². The third kappa shape index (κ3) is 8.16. The largest absolute Gasteiger partial charge is 0.398 e. The standard InChI is InChI=1S/C14H19N.C13H19N/c1-3-5-13(6-4-2)14-9-7-12(11-15)8-10-14;1-4-6-10(3)12-8-7-11(5-2)13(14)9-12/h7-10,13H,3-6H2,1-2H3;6-9H,4-5,14H2,1-3H3/b;10-6-. The van der Waals surface area contributed by atoms with E-state index in [0.717, 1.165) is 24.1 Å². The number of allylic oxidation sites excluding steroid dienone is 2. The third-order valence-electron chi connectivity index (χ3n) is 5.28. The van der Waals surface area contributed by atoms with Crippen molar-refractivity contribution in [3.63, 3.8) is 0 Å². The van der Waals surface area contributed by atoms with E-state index in [9.17, 15) is 0 Å². The van der Waals surface area contributed by atoms with Gasteiger partial charge >= 0.3 is 0 Å². The summed E-state index contributed by atoms with van der Waals surface area (Å²) in [6, 6.07) is 16.6. The number of hydrogen-bond donors (Lipinski definition) is 1. The minimum absolute atomic E-state index is 0.674. The quantitative estimate of drug-likeness (QED) is 0.466. The molecule has 2 aromatic carbocycles. The second kappa shape index (κ2) is 13.6. The topological polar surface area (TPSA) is 49.8 Å². The van der Waals surface area contributed by atoms with Crippen molar-refractivity contribution in [2.24, 2.45) is 0 Å². The van der Waals surface area contributed by atoms with E-state index in [0.29, 0.717) is 5.92 Å². The van der Waals surface area contributed by atoms with Gasteiger partial charge in [-0.2, -0.15) is 5.26 Å². The SMILES string of the molecule is CC/C=C(/C)c1ccc(CC)c(N)c1.CCCC(CCC)c1ccc(C#N)cc1. The minimum atomic E-state index is 0.674. The maximum atomic E-state index is 8.72. The summed E-state index contributed by atoms with van der Waals surface area (Å²) >= 11 is 0. The lowest BCUT2D eigenvalue weighted by Gasteiger charge is -2.15. The maximum Gasteiger partial charge on any atom is 0.0991 e. The second-order valence-corrected chi connectivity index (χ2v) is 7.57. The number of nitriles is 1. The van der Waals surface area contributed by atoms with Crippen LogP contribution in [0.1, 0.15) is 94.9 Å². The monoisotopic (exact) mass is 390 g/mol. The first-order valence-corrected chi connectivity index (χ1v) is 11.1. The van der Waals surface area contributed by atoms with Gasteiger partial charge in [0.25, 0.3) is 0 Å². The summed E-state index contributed by atoms with van der Waals surface area (Å²) in [4.78, 5) is 0. The van der Waals surface area contributed by atoms with Gasteiger partial charge in [0.05, 0.1) is 11.6 Å². The Hall–Kier alpha value is -2.53. The van der Waals surface area contributed by atoms with Gasteiger partial charge in [-0.1, -0.05) is 70.9 Å². The normalized spacial score (nSPS) is 11.0. The van der Waals surface area contributed by atoms with E-state index in [-0.39, 0.29) is 0 Å². The Morgan fingerprint density at radius 2 is 1.62 bits per heavy atom. The first kappa shape index (κ1) is 24.5. The fourth-order valence-electron chi connectivity index (χ4n) is 3.59. The van der Waals surface area contributed by atoms with Crippen LogP contribution in [0.5, 0.6) is 0 Å². The molecule has 0 spiro atoms. The number of nitrogen functional groups attached to an aromatic ring is 1. The van der Waals surface area contributed by atoms with Gasteiger partial charge in [-0.05, 0) is 79.0 Å². The highest BCUT2D eigenvalue weighted by atomic mass is 14.6. The van der Waals surface area contributed by atoms with E-state index < -0.39 is 0 Å². The van der Waals surface area contributed by atoms with Crippen LogP contribution in [-0.2, 0) is 6.42 Å². The molecule has 0 atom stereocenters. The first-order chi connectivity index (χ1) is 14.0. The number of benzene rings is 2. The molecule has 0 saturated carbocycles. The van der Waals surface area contributed by atoms with E-state index >= 15 is 0 Å². The molecule has 2 rings (SSSR count). The minimum Gasteiger partial charge on any atom is -0.398 e. The van der Waals surface area contributed by atoms with Crippen LogP contribution in [0, 0.1) is 11.3 Å². The molecule has 0 unspecified atom stereocenters. The van der Waals surface area contributed by atoms with Gasteiger partial charge in [0.15, 0.2) is 0 Å². The van der Waals surface area contributed by atoms with Crippen molar-refractivity contribution in [1.29, 1.82) is 5.26 Å². The molecular weight excluding hydrogens is 352 g/mol. The van der Waals surface area contributed by atoms with Crippen LogP contribution in [0.2, 0.25) is 0 Å². The van der Waals surface area contributed by atoms with Gasteiger partial charge < -0.3 is 5.73 Å². The van der Waals surface area contributed by atoms with Crippen LogP contribution in [-0.4, -0.2) is 0 Å². The second-order valence-electron chi connectivity index (χ2n) is 7.57. The van der Waals surface area contributed by atoms with Crippen LogP contribution < -0.4 is 5.73 Å². The van der Waals surface area contributed by atoms with E-state index in [1.165, 1.54) is 47.9 Å². The van der Waals surface area contributed by atoms with Gasteiger partial charge in [-0.25, -0.2) is 0 Å². The fourth-order valence-corrected chi connectivity index (χ4v) is 3.59. The summed E-state index contributed by atoms with van der Waals surface area (Å²) in [5.41, 5.74) is 12.8. The van der Waals surface area contributed by atoms with Crippen molar-refractivity contribution in [3.05, 3.63) is 70.8 Å². The fraction of sp³-hybridized carbons (Fsp3) is 0.444. The Labute approximate surface area is 178 Å². The van der Waals surface area contributed by atoms with Crippen LogP contribution in [0.25, 0.3) is 5.57 Å². The predicted molar refractivity (Wildman–Crippen MR) is 128 cm³/mol. The zero-order valence-corrected chi connectivity index (χ0v) is 19.0. The average Bonchev–Trinajstić information content (AvgIpc) is 2.74. The molecule has 2 N–H and O–H groups in total. The van der Waals surface area contributed by atoms with Gasteiger partial charge in [0.1, 0.15) is 0 Å². The molecule has 29 heavy (non-hydrogen) atoms. The Bertz CT molecular complexity index is 788. The van der Waals surface area contributed by atoms with Crippen LogP contribution >= 0.6 is 0 Å². The zero-order valence-electron chi connectivity index (χ0n) is 19.0. The van der Waals surface area contributed by atoms with Crippen LogP contribution in [0.4, 0.5) is 5.69 Å². The van der Waals surface area contributed by atoms with Crippen LogP contribution in [0.3, 0.4) is 0 Å². The summed E-state index contributed by atoms with van der Waals surface area (Å²) in [5, 5.41) is 8.72. The summed E-state index contributed by atoms with van der Waals surface area (Å²) in [6.07, 6.45) is 9.25. The van der Waals surface area contributed by atoms with Crippen LogP contribution in [0.15, 0.2) is 48.5 Å². The summed E-state index contributed by atoms with van der Waals surface area (Å²) in [7, 11) is 0. The molecule has 2 aromatic rings. The van der Waals surface area contributed by atoms with E-state index in [2.05, 4.69) is 77.1 Å². The maximum absolute atomic E-state index is 8.72. The Kier molecular flexibility index (Phi) is 11.5. The summed E-state index contributed by atoms with van der Waals surface area (Å²) in [6.45, 7) is 10.9. The molecule has 0 aliphatic carbocycles. The third-order valence-corrected chi connectivity index (χ3v) is 5.28. The number of nitrogens with two attached hydrogens (primary N) is 1. The van der Waals surface area contributed by atoms with Gasteiger partial charge in [0.2, 0.25) is 0 Å². The Balaban J connectivity index is 0.000000291. The summed E-state index contributed by atoms with van der Waals surface area (Å²) < 4.78 is 0. The molecule has 0 amide bonds. The molecule has 2 nitrogen and oxygen atoms in total. The van der Waals surface area contributed by atoms with Gasteiger partial charge in [-0.3, -0.25) is 0 Å². The lowest BCUT2D eigenvalue weighted by molar-refractivity contribution is 0.561. The van der Waals surface area contributed by atoms with E-state index in [1.54, 1.807) is 0 Å². The van der Waals surface area contributed by atoms with Crippen molar-refractivity contribution in [1.82, 2.24) is 0 Å². The van der Waals surface area contributed by atoms with Gasteiger partial charge in [0, 0.05) is 5.69 Å². The molecule has 0 heterocycles. The lowest BCUT2D eigenvalue weighted by Crippen LogP contribution is -1.98.